The van der Waals surface area contributed by atoms with Gasteiger partial charge in [-0.3, -0.25) is 0 Å². The lowest BCUT2D eigenvalue weighted by atomic mass is 10.1. The van der Waals surface area contributed by atoms with Crippen molar-refractivity contribution in [3.63, 3.8) is 0 Å². The summed E-state index contributed by atoms with van der Waals surface area (Å²) in [7, 11) is 0. The van der Waals surface area contributed by atoms with E-state index in [1.807, 2.05) is 6.07 Å². The summed E-state index contributed by atoms with van der Waals surface area (Å²) >= 11 is 0. The highest BCUT2D eigenvalue weighted by atomic mass is 19.1. The summed E-state index contributed by atoms with van der Waals surface area (Å²) in [5, 5.41) is 0. The van der Waals surface area contributed by atoms with Crippen molar-refractivity contribution in [2.45, 2.75) is 58.5 Å². The van der Waals surface area contributed by atoms with E-state index in [1.54, 1.807) is 12.1 Å². The Hall–Kier alpha value is -1.09. The molecule has 0 aliphatic heterocycles. The van der Waals surface area contributed by atoms with E-state index >= 15 is 0 Å². The molecule has 1 fully saturated rings. The highest BCUT2D eigenvalue weighted by Crippen LogP contribution is 2.31. The van der Waals surface area contributed by atoms with Gasteiger partial charge in [-0.1, -0.05) is 26.7 Å². The van der Waals surface area contributed by atoms with Crippen LogP contribution < -0.4 is 10.6 Å². The van der Waals surface area contributed by atoms with Gasteiger partial charge in [-0.2, -0.15) is 0 Å². The zero-order chi connectivity index (χ0) is 14.5. The number of rotatable bonds is 6. The minimum absolute atomic E-state index is 0.190. The summed E-state index contributed by atoms with van der Waals surface area (Å²) in [6.45, 7) is 5.95. The number of hydrogen-bond donors (Lipinski definition) is 1. The van der Waals surface area contributed by atoms with E-state index in [1.165, 1.54) is 25.7 Å². The van der Waals surface area contributed by atoms with E-state index < -0.39 is 0 Å². The lowest BCUT2D eigenvalue weighted by Gasteiger charge is -2.33. The minimum Gasteiger partial charge on any atom is -0.368 e. The quantitative estimate of drug-likeness (QED) is 0.849. The van der Waals surface area contributed by atoms with Crippen LogP contribution in [0.15, 0.2) is 18.2 Å². The van der Waals surface area contributed by atoms with E-state index in [2.05, 4.69) is 18.7 Å². The van der Waals surface area contributed by atoms with Gasteiger partial charge < -0.3 is 10.6 Å². The molecule has 1 aliphatic carbocycles. The van der Waals surface area contributed by atoms with Crippen LogP contribution in [0.1, 0.15) is 51.5 Å². The van der Waals surface area contributed by atoms with Gasteiger partial charge in [-0.05, 0) is 48.9 Å². The van der Waals surface area contributed by atoms with Crippen LogP contribution in [0, 0.1) is 11.7 Å². The van der Waals surface area contributed by atoms with Crippen molar-refractivity contribution in [3.8, 4) is 0 Å². The average molecular weight is 278 g/mol. The Bertz CT molecular complexity index is 425. The minimum atomic E-state index is -0.190. The zero-order valence-corrected chi connectivity index (χ0v) is 12.7. The molecule has 1 aromatic rings. The van der Waals surface area contributed by atoms with Gasteiger partial charge in [0, 0.05) is 24.8 Å². The molecule has 1 aromatic carbocycles. The predicted molar refractivity (Wildman–Crippen MR) is 83.3 cm³/mol. The molecule has 0 heterocycles. The van der Waals surface area contributed by atoms with Crippen molar-refractivity contribution >= 4 is 5.69 Å². The molecule has 2 nitrogen and oxygen atoms in total. The Labute approximate surface area is 122 Å². The van der Waals surface area contributed by atoms with Crippen LogP contribution in [0.4, 0.5) is 10.1 Å². The number of anilines is 1. The van der Waals surface area contributed by atoms with Crippen molar-refractivity contribution < 1.29 is 4.39 Å². The summed E-state index contributed by atoms with van der Waals surface area (Å²) in [6, 6.07) is 5.67. The summed E-state index contributed by atoms with van der Waals surface area (Å²) in [6.07, 6.45) is 6.28. The third-order valence-electron chi connectivity index (χ3n) is 4.28. The lowest BCUT2D eigenvalue weighted by Crippen LogP contribution is -2.35. The maximum atomic E-state index is 13.4. The van der Waals surface area contributed by atoms with Crippen LogP contribution in [0.3, 0.4) is 0 Å². The largest absolute Gasteiger partial charge is 0.368 e. The molecular formula is C17H27FN2. The van der Waals surface area contributed by atoms with Crippen LogP contribution in [0.2, 0.25) is 0 Å². The molecule has 0 aromatic heterocycles. The van der Waals surface area contributed by atoms with Gasteiger partial charge in [-0.15, -0.1) is 0 Å². The van der Waals surface area contributed by atoms with Crippen LogP contribution in [-0.2, 0) is 6.54 Å². The molecular weight excluding hydrogens is 251 g/mol. The van der Waals surface area contributed by atoms with Crippen molar-refractivity contribution in [3.05, 3.63) is 29.6 Å². The number of halogens is 1. The Morgan fingerprint density at radius 2 is 2.00 bits per heavy atom. The predicted octanol–water partition coefficient (Wildman–Crippen LogP) is 4.08. The molecule has 0 radical (unpaired) electrons. The van der Waals surface area contributed by atoms with Gasteiger partial charge in [-0.25, -0.2) is 4.39 Å². The average Bonchev–Trinajstić information content (AvgIpc) is 2.94. The van der Waals surface area contributed by atoms with E-state index in [9.17, 15) is 4.39 Å². The third kappa shape index (κ3) is 3.72. The first-order valence-corrected chi connectivity index (χ1v) is 7.87. The highest BCUT2D eigenvalue weighted by Gasteiger charge is 2.24. The highest BCUT2D eigenvalue weighted by molar-refractivity contribution is 5.54. The number of benzene rings is 1. The molecule has 3 heteroatoms. The number of nitrogens with two attached hydrogens (primary N) is 1. The second-order valence-corrected chi connectivity index (χ2v) is 6.29. The zero-order valence-electron chi connectivity index (χ0n) is 12.7. The summed E-state index contributed by atoms with van der Waals surface area (Å²) in [4.78, 5) is 2.48. The van der Waals surface area contributed by atoms with Gasteiger partial charge in [0.15, 0.2) is 0 Å². The van der Waals surface area contributed by atoms with Crippen molar-refractivity contribution in [2.75, 3.05) is 11.4 Å². The molecule has 0 unspecified atom stereocenters. The van der Waals surface area contributed by atoms with E-state index in [4.69, 9.17) is 5.73 Å². The number of nitrogens with zero attached hydrogens (tertiary/aromatic N) is 1. The van der Waals surface area contributed by atoms with Gasteiger partial charge in [0.2, 0.25) is 0 Å². The maximum Gasteiger partial charge on any atom is 0.123 e. The van der Waals surface area contributed by atoms with Crippen LogP contribution in [0.25, 0.3) is 0 Å². The van der Waals surface area contributed by atoms with E-state index in [0.29, 0.717) is 18.5 Å². The fourth-order valence-electron chi connectivity index (χ4n) is 3.11. The first-order valence-electron chi connectivity index (χ1n) is 7.87. The Balaban J connectivity index is 2.24. The van der Waals surface area contributed by atoms with Crippen molar-refractivity contribution in [1.82, 2.24) is 0 Å². The number of hydrogen-bond acceptors (Lipinski definition) is 2. The molecule has 2 rings (SSSR count). The normalized spacial score (nSPS) is 16.1. The summed E-state index contributed by atoms with van der Waals surface area (Å²) in [5.74, 6) is 0.491. The topological polar surface area (TPSA) is 29.3 Å². The Morgan fingerprint density at radius 1 is 1.30 bits per heavy atom. The smallest absolute Gasteiger partial charge is 0.123 e. The monoisotopic (exact) mass is 278 g/mol. The Kier molecular flexibility index (Phi) is 5.41. The molecule has 112 valence electrons. The third-order valence-corrected chi connectivity index (χ3v) is 4.28. The molecule has 1 saturated carbocycles. The molecule has 20 heavy (non-hydrogen) atoms. The summed E-state index contributed by atoms with van der Waals surface area (Å²) < 4.78 is 13.4. The molecule has 0 amide bonds. The molecule has 0 spiro atoms. The van der Waals surface area contributed by atoms with Crippen LogP contribution >= 0.6 is 0 Å². The van der Waals surface area contributed by atoms with Gasteiger partial charge >= 0.3 is 0 Å². The second kappa shape index (κ2) is 7.07. The lowest BCUT2D eigenvalue weighted by molar-refractivity contribution is 0.526. The van der Waals surface area contributed by atoms with Gasteiger partial charge in [0.1, 0.15) is 5.82 Å². The maximum absolute atomic E-state index is 13.4. The molecule has 0 saturated heterocycles. The molecule has 1 aliphatic rings. The van der Waals surface area contributed by atoms with E-state index in [0.717, 1.165) is 24.2 Å². The SMILES string of the molecule is CC(C)CCN(c1ccc(F)cc1CN)C1CCCC1. The first-order chi connectivity index (χ1) is 9.61. The Morgan fingerprint density at radius 3 is 2.60 bits per heavy atom. The van der Waals surface area contributed by atoms with Crippen LogP contribution in [-0.4, -0.2) is 12.6 Å². The second-order valence-electron chi connectivity index (χ2n) is 6.29. The molecule has 0 bridgehead atoms. The fourth-order valence-corrected chi connectivity index (χ4v) is 3.11. The van der Waals surface area contributed by atoms with E-state index in [-0.39, 0.29) is 5.82 Å². The van der Waals surface area contributed by atoms with Crippen molar-refractivity contribution in [1.29, 1.82) is 0 Å². The van der Waals surface area contributed by atoms with Gasteiger partial charge in [0.25, 0.3) is 0 Å². The van der Waals surface area contributed by atoms with Gasteiger partial charge in [0.05, 0.1) is 0 Å². The summed E-state index contributed by atoms with van der Waals surface area (Å²) in [5.41, 5.74) is 7.89. The molecule has 0 atom stereocenters. The fraction of sp³-hybridized carbons (Fsp3) is 0.647. The first kappa shape index (κ1) is 15.3. The van der Waals surface area contributed by atoms with Crippen molar-refractivity contribution in [2.24, 2.45) is 11.7 Å². The standard InChI is InChI=1S/C17H27FN2/c1-13(2)9-10-20(16-5-3-4-6-16)17-8-7-15(18)11-14(17)12-19/h7-8,11,13,16H,3-6,9-10,12,19H2,1-2H3. The molecule has 2 N–H and O–H groups in total. The van der Waals surface area contributed by atoms with Crippen LogP contribution in [0.5, 0.6) is 0 Å².